The molecule has 0 radical (unpaired) electrons. The fraction of sp³-hybridized carbons (Fsp3) is 0.793. The first-order valence-corrected chi connectivity index (χ1v) is 13.9. The molecule has 33 heavy (non-hydrogen) atoms. The highest BCUT2D eigenvalue weighted by Crippen LogP contribution is 2.15. The summed E-state index contributed by atoms with van der Waals surface area (Å²) >= 11 is 0. The van der Waals surface area contributed by atoms with Crippen LogP contribution in [-0.4, -0.2) is 41.4 Å². The Morgan fingerprint density at radius 1 is 0.909 bits per heavy atom. The molecule has 0 aliphatic carbocycles. The normalized spacial score (nSPS) is 13.8. The second-order valence-electron chi connectivity index (χ2n) is 9.32. The number of carboxylic acids is 1. The number of nitrogens with zero attached hydrogens (tertiary/aromatic N) is 2. The first kappa shape index (κ1) is 31.4. The number of allylic oxidation sites excluding steroid dienone is 1. The van der Waals surface area contributed by atoms with Crippen molar-refractivity contribution >= 4 is 12.3 Å². The van der Waals surface area contributed by atoms with E-state index in [4.69, 9.17) is 5.11 Å². The predicted molar refractivity (Wildman–Crippen MR) is 145 cm³/mol. The zero-order valence-electron chi connectivity index (χ0n) is 22.0. The standard InChI is InChI=1S/C26H50N2.C3H4O2/c1-3-5-7-9-10-11-12-13-14-15-16-17-18-20-22-26(21-19-8-6-4-2)28-24-23-27-25-28;1-2-3(4)5/h20,22,25-26H,3-19,21,23-24H2,1-2H3;2H,1H2,(H,4,5). The molecule has 0 saturated carbocycles. The summed E-state index contributed by atoms with van der Waals surface area (Å²) in [7, 11) is 0. The minimum Gasteiger partial charge on any atom is -0.478 e. The lowest BCUT2D eigenvalue weighted by Crippen LogP contribution is -2.31. The highest BCUT2D eigenvalue weighted by Gasteiger charge is 2.14. The molecule has 4 heteroatoms. The first-order chi connectivity index (χ1) is 16.2. The molecule has 1 N–H and O–H groups in total. The molecule has 0 aromatic rings. The summed E-state index contributed by atoms with van der Waals surface area (Å²) in [6.45, 7) is 9.64. The monoisotopic (exact) mass is 462 g/mol. The number of hydrogen-bond acceptors (Lipinski definition) is 3. The molecule has 1 rings (SSSR count). The van der Waals surface area contributed by atoms with Crippen molar-refractivity contribution in [3.63, 3.8) is 0 Å². The molecule has 0 aromatic heterocycles. The molecule has 1 aliphatic heterocycles. The van der Waals surface area contributed by atoms with Crippen LogP contribution in [0.4, 0.5) is 0 Å². The van der Waals surface area contributed by atoms with Gasteiger partial charge in [-0.15, -0.1) is 0 Å². The SMILES string of the molecule is C=CC(=O)O.CCCCCCCCCCCCCCC=CC(CCCCCC)N1C=NCC1. The molecule has 0 spiro atoms. The maximum atomic E-state index is 9.25. The van der Waals surface area contributed by atoms with Crippen LogP contribution >= 0.6 is 0 Å². The minimum atomic E-state index is -0.981. The van der Waals surface area contributed by atoms with E-state index >= 15 is 0 Å². The number of rotatable bonds is 21. The van der Waals surface area contributed by atoms with Crippen LogP contribution in [0.1, 0.15) is 129 Å². The van der Waals surface area contributed by atoms with E-state index in [0.717, 1.165) is 19.2 Å². The molecule has 0 aromatic carbocycles. The minimum absolute atomic E-state index is 0.584. The molecule has 0 amide bonds. The van der Waals surface area contributed by atoms with Gasteiger partial charge >= 0.3 is 5.97 Å². The lowest BCUT2D eigenvalue weighted by molar-refractivity contribution is -0.131. The van der Waals surface area contributed by atoms with Crippen molar-refractivity contribution in [1.82, 2.24) is 4.90 Å². The highest BCUT2D eigenvalue weighted by molar-refractivity contribution is 5.78. The summed E-state index contributed by atoms with van der Waals surface area (Å²) in [6, 6.07) is 0.584. The Balaban J connectivity index is 0.00000184. The van der Waals surface area contributed by atoms with Gasteiger partial charge < -0.3 is 10.0 Å². The van der Waals surface area contributed by atoms with Gasteiger partial charge in [-0.1, -0.05) is 129 Å². The fourth-order valence-electron chi connectivity index (χ4n) is 4.15. The predicted octanol–water partition coefficient (Wildman–Crippen LogP) is 8.57. The third kappa shape index (κ3) is 22.0. The Kier molecular flexibility index (Phi) is 23.9. The maximum Gasteiger partial charge on any atom is 0.327 e. The van der Waals surface area contributed by atoms with Gasteiger partial charge in [0.2, 0.25) is 0 Å². The van der Waals surface area contributed by atoms with Crippen molar-refractivity contribution in [2.24, 2.45) is 4.99 Å². The van der Waals surface area contributed by atoms with Gasteiger partial charge in [0, 0.05) is 18.7 Å². The summed E-state index contributed by atoms with van der Waals surface area (Å²) in [5.74, 6) is -0.981. The molecular weight excluding hydrogens is 408 g/mol. The number of aliphatic carboxylic acids is 1. The van der Waals surface area contributed by atoms with Crippen molar-refractivity contribution in [3.8, 4) is 0 Å². The number of carboxylic acid groups (broad SMARTS) is 1. The molecule has 192 valence electrons. The van der Waals surface area contributed by atoms with Gasteiger partial charge in [-0.2, -0.15) is 0 Å². The Hall–Kier alpha value is -1.58. The van der Waals surface area contributed by atoms with Gasteiger partial charge in [0.1, 0.15) is 0 Å². The average Bonchev–Trinajstić information content (AvgIpc) is 3.36. The number of aliphatic imine (C=N–C) groups is 1. The fourth-order valence-corrected chi connectivity index (χ4v) is 4.15. The molecule has 4 nitrogen and oxygen atoms in total. The van der Waals surface area contributed by atoms with E-state index in [9.17, 15) is 4.79 Å². The van der Waals surface area contributed by atoms with E-state index in [1.165, 1.54) is 116 Å². The topological polar surface area (TPSA) is 52.9 Å². The van der Waals surface area contributed by atoms with Gasteiger partial charge in [-0.3, -0.25) is 4.99 Å². The van der Waals surface area contributed by atoms with E-state index in [2.05, 4.69) is 48.8 Å². The van der Waals surface area contributed by atoms with Crippen LogP contribution in [0.5, 0.6) is 0 Å². The van der Waals surface area contributed by atoms with E-state index in [-0.39, 0.29) is 0 Å². The third-order valence-electron chi connectivity index (χ3n) is 6.25. The summed E-state index contributed by atoms with van der Waals surface area (Å²) in [5.41, 5.74) is 0. The molecule has 0 saturated heterocycles. The number of carbonyl (C=O) groups is 1. The van der Waals surface area contributed by atoms with Crippen LogP contribution in [-0.2, 0) is 4.79 Å². The lowest BCUT2D eigenvalue weighted by atomic mass is 10.0. The van der Waals surface area contributed by atoms with Crippen molar-refractivity contribution in [2.45, 2.75) is 135 Å². The van der Waals surface area contributed by atoms with Gasteiger partial charge in [0.05, 0.1) is 12.9 Å². The van der Waals surface area contributed by atoms with Gasteiger partial charge in [-0.25, -0.2) is 4.79 Å². The quantitative estimate of drug-likeness (QED) is 0.106. The van der Waals surface area contributed by atoms with E-state index in [0.29, 0.717) is 6.04 Å². The maximum absolute atomic E-state index is 9.25. The molecule has 1 heterocycles. The Labute approximate surface area is 205 Å². The largest absolute Gasteiger partial charge is 0.478 e. The highest BCUT2D eigenvalue weighted by atomic mass is 16.4. The first-order valence-electron chi connectivity index (χ1n) is 13.9. The molecule has 0 fully saturated rings. The van der Waals surface area contributed by atoms with E-state index < -0.39 is 5.97 Å². The number of hydrogen-bond donors (Lipinski definition) is 1. The summed E-state index contributed by atoms with van der Waals surface area (Å²) in [4.78, 5) is 16.1. The van der Waals surface area contributed by atoms with Crippen LogP contribution < -0.4 is 0 Å². The lowest BCUT2D eigenvalue weighted by Gasteiger charge is -2.24. The van der Waals surface area contributed by atoms with Gasteiger partial charge in [-0.05, 0) is 19.3 Å². The van der Waals surface area contributed by atoms with Crippen LogP contribution in [0.25, 0.3) is 0 Å². The average molecular weight is 463 g/mol. The van der Waals surface area contributed by atoms with Crippen molar-refractivity contribution in [2.75, 3.05) is 13.1 Å². The molecule has 1 unspecified atom stereocenters. The second-order valence-corrected chi connectivity index (χ2v) is 9.32. The van der Waals surface area contributed by atoms with Crippen LogP contribution in [0, 0.1) is 0 Å². The Morgan fingerprint density at radius 3 is 1.85 bits per heavy atom. The molecule has 0 bridgehead atoms. The third-order valence-corrected chi connectivity index (χ3v) is 6.25. The Morgan fingerprint density at radius 2 is 1.39 bits per heavy atom. The number of unbranched alkanes of at least 4 members (excludes halogenated alkanes) is 15. The van der Waals surface area contributed by atoms with E-state index in [1.807, 2.05) is 0 Å². The van der Waals surface area contributed by atoms with Crippen molar-refractivity contribution in [3.05, 3.63) is 24.8 Å². The van der Waals surface area contributed by atoms with Crippen LogP contribution in [0.2, 0.25) is 0 Å². The molecule has 1 atom stereocenters. The van der Waals surface area contributed by atoms with Crippen molar-refractivity contribution in [1.29, 1.82) is 0 Å². The summed E-state index contributed by atoms with van der Waals surface area (Å²) in [5, 5.41) is 7.60. The van der Waals surface area contributed by atoms with Crippen LogP contribution in [0.15, 0.2) is 29.8 Å². The molecular formula is C29H54N2O2. The summed E-state index contributed by atoms with van der Waals surface area (Å²) in [6.07, 6.45) is 33.0. The van der Waals surface area contributed by atoms with Crippen LogP contribution in [0.3, 0.4) is 0 Å². The molecule has 1 aliphatic rings. The zero-order valence-corrected chi connectivity index (χ0v) is 22.0. The van der Waals surface area contributed by atoms with Gasteiger partial charge in [0.25, 0.3) is 0 Å². The van der Waals surface area contributed by atoms with E-state index in [1.54, 1.807) is 0 Å². The second kappa shape index (κ2) is 25.1. The Bertz CT molecular complexity index is 502. The van der Waals surface area contributed by atoms with Crippen molar-refractivity contribution < 1.29 is 9.90 Å². The smallest absolute Gasteiger partial charge is 0.327 e. The van der Waals surface area contributed by atoms with Gasteiger partial charge in [0.15, 0.2) is 0 Å². The summed E-state index contributed by atoms with van der Waals surface area (Å²) < 4.78 is 0. The zero-order chi connectivity index (χ0) is 24.4.